The van der Waals surface area contributed by atoms with Gasteiger partial charge in [-0.2, -0.15) is 8.75 Å². The lowest BCUT2D eigenvalue weighted by Gasteiger charge is -1.94. The van der Waals surface area contributed by atoms with Crippen molar-refractivity contribution in [2.45, 2.75) is 39.0 Å². The van der Waals surface area contributed by atoms with Crippen LogP contribution >= 0.6 is 11.7 Å². The largest absolute Gasteiger partial charge is 0.181 e. The Labute approximate surface area is 72.0 Å². The van der Waals surface area contributed by atoms with Gasteiger partial charge in [-0.15, -0.1) is 0 Å². The molecule has 3 heteroatoms. The van der Waals surface area contributed by atoms with Crippen molar-refractivity contribution in [3.8, 4) is 0 Å². The molecule has 0 bridgehead atoms. The number of hydrogen-bond donors (Lipinski definition) is 0. The third kappa shape index (κ3) is 3.46. The van der Waals surface area contributed by atoms with E-state index in [0.717, 1.165) is 12.1 Å². The molecule has 0 amide bonds. The van der Waals surface area contributed by atoms with Gasteiger partial charge in [-0.3, -0.25) is 0 Å². The number of aryl methyl sites for hydroxylation is 1. The van der Waals surface area contributed by atoms with Gasteiger partial charge in [0.25, 0.3) is 0 Å². The molecule has 0 saturated carbocycles. The fourth-order valence-corrected chi connectivity index (χ4v) is 1.49. The van der Waals surface area contributed by atoms with E-state index in [1.165, 1.54) is 37.4 Å². The van der Waals surface area contributed by atoms with E-state index in [1.807, 2.05) is 6.20 Å². The summed E-state index contributed by atoms with van der Waals surface area (Å²) < 4.78 is 8.10. The summed E-state index contributed by atoms with van der Waals surface area (Å²) in [6.45, 7) is 2.23. The number of nitrogens with zero attached hydrogens (tertiary/aromatic N) is 2. The lowest BCUT2D eigenvalue weighted by atomic mass is 10.1. The van der Waals surface area contributed by atoms with E-state index in [1.54, 1.807) is 0 Å². The Hall–Kier alpha value is -0.440. The molecule has 1 aromatic heterocycles. The molecule has 2 nitrogen and oxygen atoms in total. The zero-order chi connectivity index (χ0) is 7.94. The van der Waals surface area contributed by atoms with Gasteiger partial charge in [0, 0.05) is 0 Å². The molecule has 0 unspecified atom stereocenters. The van der Waals surface area contributed by atoms with E-state index >= 15 is 0 Å². The predicted molar refractivity (Wildman–Crippen MR) is 47.8 cm³/mol. The molecule has 0 fully saturated rings. The first-order chi connectivity index (χ1) is 5.43. The molecule has 0 atom stereocenters. The summed E-state index contributed by atoms with van der Waals surface area (Å²) in [5, 5.41) is 0. The lowest BCUT2D eigenvalue weighted by molar-refractivity contribution is 0.662. The van der Waals surface area contributed by atoms with Gasteiger partial charge in [-0.05, 0) is 12.8 Å². The van der Waals surface area contributed by atoms with Crippen LogP contribution in [0, 0.1) is 0 Å². The normalized spacial score (nSPS) is 10.3. The Morgan fingerprint density at radius 3 is 2.91 bits per heavy atom. The fraction of sp³-hybridized carbons (Fsp3) is 0.750. The summed E-state index contributed by atoms with van der Waals surface area (Å²) in [5.74, 6) is 0. The van der Waals surface area contributed by atoms with Crippen LogP contribution in [0.3, 0.4) is 0 Å². The molecular formula is C8H14N2S. The van der Waals surface area contributed by atoms with E-state index in [4.69, 9.17) is 0 Å². The molecule has 0 saturated heterocycles. The molecule has 0 aliphatic carbocycles. The van der Waals surface area contributed by atoms with Gasteiger partial charge in [-0.25, -0.2) is 0 Å². The van der Waals surface area contributed by atoms with E-state index in [0.29, 0.717) is 0 Å². The molecule has 0 spiro atoms. The van der Waals surface area contributed by atoms with Gasteiger partial charge in [-0.1, -0.05) is 26.2 Å². The molecular weight excluding hydrogens is 156 g/mol. The predicted octanol–water partition coefficient (Wildman–Crippen LogP) is 2.66. The van der Waals surface area contributed by atoms with Gasteiger partial charge in [0.1, 0.15) is 0 Å². The van der Waals surface area contributed by atoms with Crippen molar-refractivity contribution in [1.29, 1.82) is 0 Å². The van der Waals surface area contributed by atoms with Gasteiger partial charge >= 0.3 is 0 Å². The van der Waals surface area contributed by atoms with Crippen LogP contribution < -0.4 is 0 Å². The zero-order valence-corrected chi connectivity index (χ0v) is 7.73. The van der Waals surface area contributed by atoms with Gasteiger partial charge < -0.3 is 0 Å². The van der Waals surface area contributed by atoms with Crippen LogP contribution in [0.5, 0.6) is 0 Å². The molecule has 1 heterocycles. The van der Waals surface area contributed by atoms with Crippen molar-refractivity contribution in [1.82, 2.24) is 8.75 Å². The maximum Gasteiger partial charge on any atom is 0.0743 e. The topological polar surface area (TPSA) is 25.8 Å². The van der Waals surface area contributed by atoms with Crippen molar-refractivity contribution in [3.05, 3.63) is 11.9 Å². The second kappa shape index (κ2) is 5.24. The minimum Gasteiger partial charge on any atom is -0.181 e. The third-order valence-electron chi connectivity index (χ3n) is 1.69. The smallest absolute Gasteiger partial charge is 0.0743 e. The number of aromatic nitrogens is 2. The second-order valence-corrected chi connectivity index (χ2v) is 3.27. The minimum absolute atomic E-state index is 1.11. The fourth-order valence-electron chi connectivity index (χ4n) is 1.03. The molecule has 0 N–H and O–H groups in total. The molecule has 0 aliphatic heterocycles. The summed E-state index contributed by atoms with van der Waals surface area (Å²) in [6.07, 6.45) is 8.22. The van der Waals surface area contributed by atoms with Crippen LogP contribution in [0.15, 0.2) is 6.20 Å². The van der Waals surface area contributed by atoms with Crippen molar-refractivity contribution >= 4 is 11.7 Å². The van der Waals surface area contributed by atoms with Crippen LogP contribution in [-0.4, -0.2) is 8.75 Å². The first kappa shape index (κ1) is 8.65. The van der Waals surface area contributed by atoms with Crippen LogP contribution in [0.2, 0.25) is 0 Å². The van der Waals surface area contributed by atoms with Crippen LogP contribution in [-0.2, 0) is 6.42 Å². The van der Waals surface area contributed by atoms with E-state index in [2.05, 4.69) is 15.7 Å². The minimum atomic E-state index is 1.11. The highest BCUT2D eigenvalue weighted by atomic mass is 32.1. The third-order valence-corrected chi connectivity index (χ3v) is 2.21. The summed E-state index contributed by atoms with van der Waals surface area (Å²) in [4.78, 5) is 0. The summed E-state index contributed by atoms with van der Waals surface area (Å²) in [7, 11) is 0. The van der Waals surface area contributed by atoms with E-state index < -0.39 is 0 Å². The number of hydrogen-bond acceptors (Lipinski definition) is 3. The van der Waals surface area contributed by atoms with E-state index in [9.17, 15) is 0 Å². The second-order valence-electron chi connectivity index (χ2n) is 2.71. The monoisotopic (exact) mass is 170 g/mol. The molecule has 62 valence electrons. The van der Waals surface area contributed by atoms with Gasteiger partial charge in [0.15, 0.2) is 0 Å². The number of rotatable bonds is 5. The van der Waals surface area contributed by atoms with Crippen LogP contribution in [0.1, 0.15) is 38.3 Å². The van der Waals surface area contributed by atoms with Gasteiger partial charge in [0.2, 0.25) is 0 Å². The zero-order valence-electron chi connectivity index (χ0n) is 6.92. The lowest BCUT2D eigenvalue weighted by Crippen LogP contribution is -1.84. The Kier molecular flexibility index (Phi) is 4.12. The molecule has 0 radical (unpaired) electrons. The summed E-state index contributed by atoms with van der Waals surface area (Å²) in [5.41, 5.74) is 1.16. The highest BCUT2D eigenvalue weighted by Gasteiger charge is 1.94. The molecule has 11 heavy (non-hydrogen) atoms. The van der Waals surface area contributed by atoms with Crippen LogP contribution in [0.4, 0.5) is 0 Å². The Balaban J connectivity index is 2.04. The molecule has 1 aromatic rings. The highest BCUT2D eigenvalue weighted by Crippen LogP contribution is 2.05. The Bertz CT molecular complexity index is 172. The highest BCUT2D eigenvalue weighted by molar-refractivity contribution is 6.99. The SMILES string of the molecule is CCCCCCc1cnsn1. The van der Waals surface area contributed by atoms with Crippen molar-refractivity contribution in [3.63, 3.8) is 0 Å². The molecule has 0 aromatic carbocycles. The average Bonchev–Trinajstić information content (AvgIpc) is 2.50. The van der Waals surface area contributed by atoms with Crippen LogP contribution in [0.25, 0.3) is 0 Å². The number of unbranched alkanes of at least 4 members (excludes halogenated alkanes) is 3. The molecule has 1 rings (SSSR count). The standard InChI is InChI=1S/C8H14N2S/c1-2-3-4-5-6-8-7-9-11-10-8/h7H,2-6H2,1H3. The first-order valence-electron chi connectivity index (χ1n) is 4.20. The molecule has 0 aliphatic rings. The maximum absolute atomic E-state index is 4.14. The first-order valence-corrected chi connectivity index (χ1v) is 4.93. The summed E-state index contributed by atoms with van der Waals surface area (Å²) in [6, 6.07) is 0. The quantitative estimate of drug-likeness (QED) is 0.635. The van der Waals surface area contributed by atoms with E-state index in [-0.39, 0.29) is 0 Å². The average molecular weight is 170 g/mol. The van der Waals surface area contributed by atoms with Crippen molar-refractivity contribution in [2.24, 2.45) is 0 Å². The summed E-state index contributed by atoms with van der Waals surface area (Å²) >= 11 is 1.30. The van der Waals surface area contributed by atoms with Crippen molar-refractivity contribution in [2.75, 3.05) is 0 Å². The van der Waals surface area contributed by atoms with Crippen molar-refractivity contribution < 1.29 is 0 Å². The Morgan fingerprint density at radius 2 is 2.27 bits per heavy atom. The Morgan fingerprint density at radius 1 is 1.36 bits per heavy atom. The van der Waals surface area contributed by atoms with Gasteiger partial charge in [0.05, 0.1) is 23.6 Å². The maximum atomic E-state index is 4.14.